The monoisotopic (exact) mass is 355 g/mol. The zero-order valence-corrected chi connectivity index (χ0v) is 14.0. The number of aryl methyl sites for hydroxylation is 2. The molecule has 0 spiro atoms. The van der Waals surface area contributed by atoms with Crippen LogP contribution in [0, 0.1) is 17.0 Å². The van der Waals surface area contributed by atoms with Crippen LogP contribution in [0.15, 0.2) is 24.3 Å². The summed E-state index contributed by atoms with van der Waals surface area (Å²) in [7, 11) is 1.48. The van der Waals surface area contributed by atoms with Gasteiger partial charge < -0.3 is 15.8 Å². The minimum Gasteiger partial charge on any atom is -0.492 e. The number of carbonyl (C=O) groups excluding carboxylic acids is 1. The Morgan fingerprint density at radius 2 is 2.04 bits per heavy atom. The van der Waals surface area contributed by atoms with Gasteiger partial charge in [-0.1, -0.05) is 0 Å². The van der Waals surface area contributed by atoms with E-state index < -0.39 is 10.8 Å². The first-order valence-corrected chi connectivity index (χ1v) is 6.86. The number of hydrogen-bond donors (Lipinski definition) is 2. The van der Waals surface area contributed by atoms with E-state index in [1.807, 2.05) is 0 Å². The molecule has 24 heavy (non-hydrogen) atoms. The maximum atomic E-state index is 12.3. The van der Waals surface area contributed by atoms with E-state index in [0.717, 1.165) is 0 Å². The third-order valence-corrected chi connectivity index (χ3v) is 3.09. The second-order valence-corrected chi connectivity index (χ2v) is 4.78. The van der Waals surface area contributed by atoms with Gasteiger partial charge in [0.05, 0.1) is 4.92 Å². The van der Waals surface area contributed by atoms with E-state index in [1.165, 1.54) is 18.7 Å². The van der Waals surface area contributed by atoms with E-state index in [9.17, 15) is 14.9 Å². The first kappa shape index (κ1) is 19.4. The Morgan fingerprint density at radius 3 is 2.58 bits per heavy atom. The molecule has 0 aliphatic heterocycles. The number of aromatic nitrogens is 2. The maximum absolute atomic E-state index is 12.3. The first-order valence-electron chi connectivity index (χ1n) is 6.86. The number of benzene rings is 1. The van der Waals surface area contributed by atoms with Crippen molar-refractivity contribution in [1.29, 1.82) is 0 Å². The summed E-state index contributed by atoms with van der Waals surface area (Å²) in [6.45, 7) is 2.28. The van der Waals surface area contributed by atoms with Gasteiger partial charge in [0, 0.05) is 19.3 Å². The van der Waals surface area contributed by atoms with Crippen molar-refractivity contribution in [3.8, 4) is 5.75 Å². The van der Waals surface area contributed by atoms with Gasteiger partial charge in [-0.15, -0.1) is 12.4 Å². The van der Waals surface area contributed by atoms with Crippen LogP contribution in [-0.4, -0.2) is 33.8 Å². The predicted octanol–water partition coefficient (Wildman–Crippen LogP) is 1.65. The molecule has 1 aromatic heterocycles. The molecule has 3 N–H and O–H groups in total. The summed E-state index contributed by atoms with van der Waals surface area (Å²) in [4.78, 5) is 22.8. The van der Waals surface area contributed by atoms with Gasteiger partial charge in [-0.2, -0.15) is 5.10 Å². The maximum Gasteiger partial charge on any atom is 0.322 e. The van der Waals surface area contributed by atoms with Gasteiger partial charge in [-0.05, 0) is 31.2 Å². The van der Waals surface area contributed by atoms with Crippen LogP contribution in [0.2, 0.25) is 0 Å². The van der Waals surface area contributed by atoms with Crippen LogP contribution in [0.4, 0.5) is 11.4 Å². The largest absolute Gasteiger partial charge is 0.492 e. The van der Waals surface area contributed by atoms with Crippen LogP contribution >= 0.6 is 12.4 Å². The van der Waals surface area contributed by atoms with E-state index in [0.29, 0.717) is 24.6 Å². The average Bonchev–Trinajstić information content (AvgIpc) is 2.81. The topological polar surface area (TPSA) is 125 Å². The van der Waals surface area contributed by atoms with Crippen molar-refractivity contribution in [3.05, 3.63) is 45.8 Å². The molecule has 0 unspecified atom stereocenters. The van der Waals surface area contributed by atoms with Gasteiger partial charge in [-0.3, -0.25) is 19.6 Å². The molecule has 1 aromatic carbocycles. The molecule has 1 heterocycles. The number of ether oxygens (including phenoxy) is 1. The van der Waals surface area contributed by atoms with E-state index in [-0.39, 0.29) is 29.5 Å². The second-order valence-electron chi connectivity index (χ2n) is 4.78. The Bertz CT molecular complexity index is 730. The number of rotatable bonds is 6. The van der Waals surface area contributed by atoms with E-state index >= 15 is 0 Å². The summed E-state index contributed by atoms with van der Waals surface area (Å²) in [5.74, 6) is 0.0197. The Morgan fingerprint density at radius 1 is 1.42 bits per heavy atom. The van der Waals surface area contributed by atoms with Crippen molar-refractivity contribution >= 4 is 29.7 Å². The van der Waals surface area contributed by atoms with Crippen molar-refractivity contribution in [2.45, 2.75) is 6.92 Å². The van der Waals surface area contributed by atoms with Crippen LogP contribution in [-0.2, 0) is 7.05 Å². The van der Waals surface area contributed by atoms with Gasteiger partial charge in [0.1, 0.15) is 18.1 Å². The molecule has 0 saturated heterocycles. The lowest BCUT2D eigenvalue weighted by molar-refractivity contribution is -0.385. The number of nitro groups is 1. The third-order valence-electron chi connectivity index (χ3n) is 3.09. The summed E-state index contributed by atoms with van der Waals surface area (Å²) >= 11 is 0. The number of hydrogen-bond acceptors (Lipinski definition) is 6. The molecule has 0 radical (unpaired) electrons. The lowest BCUT2D eigenvalue weighted by atomic mass is 10.2. The average molecular weight is 356 g/mol. The van der Waals surface area contributed by atoms with Crippen LogP contribution in [0.5, 0.6) is 5.75 Å². The number of amides is 1. The van der Waals surface area contributed by atoms with Gasteiger partial charge in [0.25, 0.3) is 5.91 Å². The van der Waals surface area contributed by atoms with Crippen molar-refractivity contribution < 1.29 is 14.5 Å². The molecular formula is C14H18ClN5O4. The lowest BCUT2D eigenvalue weighted by Gasteiger charge is -2.07. The summed E-state index contributed by atoms with van der Waals surface area (Å²) in [6.07, 6.45) is 0. The number of nitrogens with one attached hydrogen (secondary N) is 1. The molecule has 0 saturated carbocycles. The van der Waals surface area contributed by atoms with Crippen molar-refractivity contribution in [3.63, 3.8) is 0 Å². The molecule has 130 valence electrons. The zero-order chi connectivity index (χ0) is 17.0. The molecule has 0 bridgehead atoms. The fourth-order valence-corrected chi connectivity index (χ4v) is 2.12. The van der Waals surface area contributed by atoms with Crippen LogP contribution in [0.1, 0.15) is 16.2 Å². The highest BCUT2D eigenvalue weighted by atomic mass is 35.5. The zero-order valence-electron chi connectivity index (χ0n) is 13.2. The Labute approximate surface area is 144 Å². The van der Waals surface area contributed by atoms with E-state index in [1.54, 1.807) is 24.3 Å². The number of anilines is 1. The summed E-state index contributed by atoms with van der Waals surface area (Å²) < 4.78 is 6.53. The Balaban J connectivity index is 0.00000288. The van der Waals surface area contributed by atoms with Gasteiger partial charge in [-0.25, -0.2) is 0 Å². The molecule has 2 rings (SSSR count). The smallest absolute Gasteiger partial charge is 0.322 e. The van der Waals surface area contributed by atoms with E-state index in [4.69, 9.17) is 10.5 Å². The fourth-order valence-electron chi connectivity index (χ4n) is 2.12. The van der Waals surface area contributed by atoms with Gasteiger partial charge >= 0.3 is 5.69 Å². The first-order chi connectivity index (χ1) is 10.9. The number of nitrogens with two attached hydrogens (primary N) is 1. The van der Waals surface area contributed by atoms with Crippen LogP contribution in [0.25, 0.3) is 0 Å². The summed E-state index contributed by atoms with van der Waals surface area (Å²) in [6, 6.07) is 6.62. The fraction of sp³-hybridized carbons (Fsp3) is 0.286. The Hall–Kier alpha value is -2.65. The molecule has 0 aliphatic rings. The summed E-state index contributed by atoms with van der Waals surface area (Å²) in [5.41, 5.74) is 5.62. The standard InChI is InChI=1S/C14H17N5O4.ClH/c1-9-12(19(21)22)13(18(2)17-9)14(20)16-10-3-5-11(6-4-10)23-8-7-15;/h3-6H,7-8,15H2,1-2H3,(H,16,20);1H. The van der Waals surface area contributed by atoms with Crippen LogP contribution < -0.4 is 15.8 Å². The highest BCUT2D eigenvalue weighted by Gasteiger charge is 2.29. The lowest BCUT2D eigenvalue weighted by Crippen LogP contribution is -2.17. The van der Waals surface area contributed by atoms with Crippen molar-refractivity contribution in [2.24, 2.45) is 12.8 Å². The highest BCUT2D eigenvalue weighted by Crippen LogP contribution is 2.24. The highest BCUT2D eigenvalue weighted by molar-refractivity contribution is 6.06. The molecule has 1 amide bonds. The minimum absolute atomic E-state index is 0. The number of nitrogens with zero attached hydrogens (tertiary/aromatic N) is 3. The van der Waals surface area contributed by atoms with Gasteiger partial charge in [0.15, 0.2) is 0 Å². The number of halogens is 1. The SMILES string of the molecule is Cc1nn(C)c(C(=O)Nc2ccc(OCCN)cc2)c1[N+](=O)[O-].Cl. The van der Waals surface area contributed by atoms with Crippen molar-refractivity contribution in [2.75, 3.05) is 18.5 Å². The normalized spacial score (nSPS) is 9.96. The Kier molecular flexibility index (Phi) is 6.69. The summed E-state index contributed by atoms with van der Waals surface area (Å²) in [5, 5.41) is 17.6. The molecule has 10 heteroatoms. The quantitative estimate of drug-likeness (QED) is 0.599. The molecule has 0 aliphatic carbocycles. The van der Waals surface area contributed by atoms with Crippen LogP contribution in [0.3, 0.4) is 0 Å². The minimum atomic E-state index is -0.610. The van der Waals surface area contributed by atoms with E-state index in [2.05, 4.69) is 10.4 Å². The van der Waals surface area contributed by atoms with Crippen molar-refractivity contribution in [1.82, 2.24) is 9.78 Å². The number of carbonyl (C=O) groups is 1. The molecular weight excluding hydrogens is 338 g/mol. The molecule has 9 nitrogen and oxygen atoms in total. The molecule has 0 fully saturated rings. The third kappa shape index (κ3) is 4.21. The predicted molar refractivity (Wildman–Crippen MR) is 90.8 cm³/mol. The molecule has 2 aromatic rings. The molecule has 0 atom stereocenters. The second kappa shape index (κ2) is 8.27. The van der Waals surface area contributed by atoms with Gasteiger partial charge in [0.2, 0.25) is 5.69 Å².